The smallest absolute Gasteiger partial charge is 0.222 e. The molecule has 0 fully saturated rings. The van der Waals surface area contributed by atoms with E-state index in [-0.39, 0.29) is 18.0 Å². The number of benzene rings is 1. The van der Waals surface area contributed by atoms with Crippen molar-refractivity contribution < 1.29 is 4.79 Å². The van der Waals surface area contributed by atoms with Crippen LogP contribution in [0.25, 0.3) is 0 Å². The second-order valence-electron chi connectivity index (χ2n) is 4.30. The minimum absolute atomic E-state index is 0.0371. The lowest BCUT2D eigenvalue weighted by Gasteiger charge is -2.17. The Morgan fingerprint density at radius 3 is 2.35 bits per heavy atom. The Bertz CT molecular complexity index is 333. The van der Waals surface area contributed by atoms with E-state index in [0.29, 0.717) is 6.42 Å². The van der Waals surface area contributed by atoms with E-state index in [1.54, 1.807) is 0 Å². The number of amides is 1. The Hall–Kier alpha value is -1.35. The zero-order valence-corrected chi connectivity index (χ0v) is 10.6. The maximum atomic E-state index is 11.8. The van der Waals surface area contributed by atoms with Crippen molar-refractivity contribution in [2.24, 2.45) is 5.73 Å². The van der Waals surface area contributed by atoms with Crippen LogP contribution in [-0.2, 0) is 4.79 Å². The first-order valence-corrected chi connectivity index (χ1v) is 6.27. The first kappa shape index (κ1) is 13.7. The Labute approximate surface area is 103 Å². The standard InChI is InChI=1S/C14H22N2O/c1-3-12(4-2)16-14(17)10-13(15)11-8-6-5-7-9-11/h5-9,12-13H,3-4,10,15H2,1-2H3,(H,16,17). The summed E-state index contributed by atoms with van der Waals surface area (Å²) in [6, 6.07) is 9.78. The highest BCUT2D eigenvalue weighted by Gasteiger charge is 2.13. The fourth-order valence-corrected chi connectivity index (χ4v) is 1.80. The van der Waals surface area contributed by atoms with Crippen molar-refractivity contribution in [1.29, 1.82) is 0 Å². The molecule has 1 aromatic rings. The molecule has 17 heavy (non-hydrogen) atoms. The quantitative estimate of drug-likeness (QED) is 0.794. The fraction of sp³-hybridized carbons (Fsp3) is 0.500. The van der Waals surface area contributed by atoms with Crippen molar-refractivity contribution >= 4 is 5.91 Å². The van der Waals surface area contributed by atoms with E-state index < -0.39 is 0 Å². The second kappa shape index (κ2) is 7.07. The predicted octanol–water partition coefficient (Wildman–Crippen LogP) is 2.38. The number of nitrogens with one attached hydrogen (secondary N) is 1. The lowest BCUT2D eigenvalue weighted by Crippen LogP contribution is -2.35. The molecular weight excluding hydrogens is 212 g/mol. The van der Waals surface area contributed by atoms with Gasteiger partial charge in [0.15, 0.2) is 0 Å². The minimum atomic E-state index is -0.217. The average molecular weight is 234 g/mol. The number of hydrogen-bond acceptors (Lipinski definition) is 2. The molecule has 0 aliphatic heterocycles. The van der Waals surface area contributed by atoms with Gasteiger partial charge in [-0.25, -0.2) is 0 Å². The summed E-state index contributed by atoms with van der Waals surface area (Å²) in [6.07, 6.45) is 2.27. The normalized spacial score (nSPS) is 12.5. The lowest BCUT2D eigenvalue weighted by atomic mass is 10.0. The first-order valence-electron chi connectivity index (χ1n) is 6.27. The Morgan fingerprint density at radius 2 is 1.82 bits per heavy atom. The minimum Gasteiger partial charge on any atom is -0.353 e. The molecule has 0 aliphatic carbocycles. The average Bonchev–Trinajstić information content (AvgIpc) is 2.37. The van der Waals surface area contributed by atoms with Gasteiger partial charge in [0.05, 0.1) is 0 Å². The topological polar surface area (TPSA) is 55.1 Å². The van der Waals surface area contributed by atoms with Crippen LogP contribution in [-0.4, -0.2) is 11.9 Å². The Morgan fingerprint density at radius 1 is 1.24 bits per heavy atom. The van der Waals surface area contributed by atoms with Gasteiger partial charge in [0, 0.05) is 18.5 Å². The van der Waals surface area contributed by atoms with Gasteiger partial charge < -0.3 is 11.1 Å². The van der Waals surface area contributed by atoms with Gasteiger partial charge in [-0.2, -0.15) is 0 Å². The molecule has 1 unspecified atom stereocenters. The van der Waals surface area contributed by atoms with Crippen LogP contribution >= 0.6 is 0 Å². The molecule has 1 atom stereocenters. The summed E-state index contributed by atoms with van der Waals surface area (Å²) < 4.78 is 0. The molecule has 94 valence electrons. The van der Waals surface area contributed by atoms with Crippen molar-refractivity contribution in [3.05, 3.63) is 35.9 Å². The van der Waals surface area contributed by atoms with Gasteiger partial charge in [-0.3, -0.25) is 4.79 Å². The molecule has 0 radical (unpaired) electrons. The maximum Gasteiger partial charge on any atom is 0.222 e. The summed E-state index contributed by atoms with van der Waals surface area (Å²) >= 11 is 0. The SMILES string of the molecule is CCC(CC)NC(=O)CC(N)c1ccccc1. The van der Waals surface area contributed by atoms with E-state index in [9.17, 15) is 4.79 Å². The van der Waals surface area contributed by atoms with Gasteiger partial charge in [0.2, 0.25) is 5.91 Å². The molecule has 1 rings (SSSR count). The summed E-state index contributed by atoms with van der Waals surface area (Å²) in [5.41, 5.74) is 7.00. The second-order valence-corrected chi connectivity index (χ2v) is 4.30. The first-order chi connectivity index (χ1) is 8.17. The van der Waals surface area contributed by atoms with Gasteiger partial charge >= 0.3 is 0 Å². The van der Waals surface area contributed by atoms with Crippen LogP contribution in [0.2, 0.25) is 0 Å². The highest BCUT2D eigenvalue weighted by atomic mass is 16.1. The third kappa shape index (κ3) is 4.57. The fourth-order valence-electron chi connectivity index (χ4n) is 1.80. The number of rotatable bonds is 6. The largest absolute Gasteiger partial charge is 0.353 e. The zero-order valence-electron chi connectivity index (χ0n) is 10.6. The molecule has 3 heteroatoms. The molecule has 0 bridgehead atoms. The molecule has 0 aliphatic rings. The van der Waals surface area contributed by atoms with Gasteiger partial charge in [-0.05, 0) is 18.4 Å². The number of carbonyl (C=O) groups excluding carboxylic acids is 1. The van der Waals surface area contributed by atoms with Crippen LogP contribution in [0.1, 0.15) is 44.7 Å². The van der Waals surface area contributed by atoms with Crippen LogP contribution in [0.15, 0.2) is 30.3 Å². The summed E-state index contributed by atoms with van der Waals surface area (Å²) in [6.45, 7) is 4.15. The molecule has 3 nitrogen and oxygen atoms in total. The molecule has 0 saturated heterocycles. The molecule has 3 N–H and O–H groups in total. The maximum absolute atomic E-state index is 11.8. The van der Waals surface area contributed by atoms with Crippen molar-refractivity contribution in [2.45, 2.75) is 45.2 Å². The monoisotopic (exact) mass is 234 g/mol. The zero-order chi connectivity index (χ0) is 12.7. The van der Waals surface area contributed by atoms with E-state index in [2.05, 4.69) is 19.2 Å². The molecule has 1 amide bonds. The van der Waals surface area contributed by atoms with Crippen LogP contribution in [0, 0.1) is 0 Å². The van der Waals surface area contributed by atoms with Crippen LogP contribution in [0.3, 0.4) is 0 Å². The van der Waals surface area contributed by atoms with E-state index in [4.69, 9.17) is 5.73 Å². The molecular formula is C14H22N2O. The summed E-state index contributed by atoms with van der Waals surface area (Å²) in [5, 5.41) is 3.00. The Balaban J connectivity index is 2.46. The van der Waals surface area contributed by atoms with E-state index in [1.165, 1.54) is 0 Å². The van der Waals surface area contributed by atoms with Crippen LogP contribution in [0.5, 0.6) is 0 Å². The van der Waals surface area contributed by atoms with Crippen molar-refractivity contribution in [2.75, 3.05) is 0 Å². The van der Waals surface area contributed by atoms with E-state index in [1.807, 2.05) is 30.3 Å². The summed E-state index contributed by atoms with van der Waals surface area (Å²) in [4.78, 5) is 11.8. The van der Waals surface area contributed by atoms with Crippen LogP contribution in [0.4, 0.5) is 0 Å². The van der Waals surface area contributed by atoms with Crippen molar-refractivity contribution in [1.82, 2.24) is 5.32 Å². The third-order valence-electron chi connectivity index (χ3n) is 2.98. The third-order valence-corrected chi connectivity index (χ3v) is 2.98. The van der Waals surface area contributed by atoms with Crippen molar-refractivity contribution in [3.63, 3.8) is 0 Å². The highest BCUT2D eigenvalue weighted by molar-refractivity contribution is 5.77. The Kier molecular flexibility index (Phi) is 5.70. The molecule has 0 heterocycles. The number of carbonyl (C=O) groups is 1. The highest BCUT2D eigenvalue weighted by Crippen LogP contribution is 2.13. The molecule has 0 spiro atoms. The van der Waals surface area contributed by atoms with E-state index in [0.717, 1.165) is 18.4 Å². The number of nitrogens with two attached hydrogens (primary N) is 1. The molecule has 0 aromatic heterocycles. The summed E-state index contributed by atoms with van der Waals surface area (Å²) in [5.74, 6) is 0.0371. The van der Waals surface area contributed by atoms with Gasteiger partial charge in [-0.15, -0.1) is 0 Å². The molecule has 1 aromatic carbocycles. The summed E-state index contributed by atoms with van der Waals surface area (Å²) in [7, 11) is 0. The predicted molar refractivity (Wildman–Crippen MR) is 70.5 cm³/mol. The van der Waals surface area contributed by atoms with Gasteiger partial charge in [0.1, 0.15) is 0 Å². The molecule has 0 saturated carbocycles. The van der Waals surface area contributed by atoms with Crippen LogP contribution < -0.4 is 11.1 Å². The lowest BCUT2D eigenvalue weighted by molar-refractivity contribution is -0.122. The van der Waals surface area contributed by atoms with Gasteiger partial charge in [0.25, 0.3) is 0 Å². The van der Waals surface area contributed by atoms with E-state index >= 15 is 0 Å². The van der Waals surface area contributed by atoms with Crippen molar-refractivity contribution in [3.8, 4) is 0 Å². The van der Waals surface area contributed by atoms with Gasteiger partial charge in [-0.1, -0.05) is 44.2 Å². The number of hydrogen-bond donors (Lipinski definition) is 2.